The highest BCUT2D eigenvalue weighted by Gasteiger charge is 2.27. The molecule has 5 heteroatoms. The number of nitro benzene ring substituents is 1. The Hall–Kier alpha value is -1.23. The first-order valence-electron chi connectivity index (χ1n) is 4.60. The third-order valence-corrected chi connectivity index (χ3v) is 3.20. The van der Waals surface area contributed by atoms with Crippen molar-refractivity contribution in [1.82, 2.24) is 0 Å². The van der Waals surface area contributed by atoms with E-state index in [9.17, 15) is 14.9 Å². The van der Waals surface area contributed by atoms with Crippen molar-refractivity contribution in [3.05, 3.63) is 37.8 Å². The van der Waals surface area contributed by atoms with E-state index < -0.39 is 4.92 Å². The smallest absolute Gasteiger partial charge is 0.273 e. The van der Waals surface area contributed by atoms with Crippen LogP contribution in [-0.4, -0.2) is 10.7 Å². The monoisotopic (exact) mass is 269 g/mol. The van der Waals surface area contributed by atoms with Gasteiger partial charge in [0, 0.05) is 28.1 Å². The molecule has 1 aromatic rings. The molecule has 15 heavy (non-hydrogen) atoms. The number of carbonyl (C=O) groups excluding carboxylic acids is 1. The number of carbonyl (C=O) groups is 1. The lowest BCUT2D eigenvalue weighted by molar-refractivity contribution is -0.385. The van der Waals surface area contributed by atoms with Crippen LogP contribution < -0.4 is 0 Å². The predicted molar refractivity (Wildman–Crippen MR) is 58.1 cm³/mol. The fraction of sp³-hybridized carbons (Fsp3) is 0.300. The van der Waals surface area contributed by atoms with Gasteiger partial charge in [-0.3, -0.25) is 14.9 Å². The summed E-state index contributed by atoms with van der Waals surface area (Å²) in [5.41, 5.74) is 1.13. The summed E-state index contributed by atoms with van der Waals surface area (Å²) in [5.74, 6) is -0.00757. The van der Waals surface area contributed by atoms with Crippen molar-refractivity contribution >= 4 is 27.4 Å². The number of nitro groups is 1. The minimum absolute atomic E-state index is 0.00757. The number of hydrogen-bond donors (Lipinski definition) is 0. The van der Waals surface area contributed by atoms with E-state index in [-0.39, 0.29) is 11.5 Å². The fourth-order valence-corrected chi connectivity index (χ4v) is 2.48. The molecule has 1 aliphatic carbocycles. The maximum Gasteiger partial charge on any atom is 0.273 e. The van der Waals surface area contributed by atoms with Crippen LogP contribution >= 0.6 is 15.9 Å². The number of nitrogens with zero attached hydrogens (tertiary/aromatic N) is 1. The molecule has 0 aliphatic heterocycles. The van der Waals surface area contributed by atoms with Gasteiger partial charge >= 0.3 is 0 Å². The van der Waals surface area contributed by atoms with E-state index in [0.29, 0.717) is 34.9 Å². The molecule has 2 rings (SSSR count). The molecule has 0 saturated carbocycles. The number of ketones is 1. The summed E-state index contributed by atoms with van der Waals surface area (Å²) in [4.78, 5) is 22.0. The van der Waals surface area contributed by atoms with Crippen molar-refractivity contribution in [2.45, 2.75) is 19.3 Å². The first-order valence-corrected chi connectivity index (χ1v) is 5.39. The largest absolute Gasteiger partial charge is 0.294 e. The van der Waals surface area contributed by atoms with E-state index in [4.69, 9.17) is 0 Å². The van der Waals surface area contributed by atoms with Gasteiger partial charge in [-0.2, -0.15) is 0 Å². The molecule has 0 N–H and O–H groups in total. The second-order valence-electron chi connectivity index (χ2n) is 3.45. The van der Waals surface area contributed by atoms with Gasteiger partial charge < -0.3 is 0 Å². The van der Waals surface area contributed by atoms with E-state index in [1.54, 1.807) is 6.07 Å². The van der Waals surface area contributed by atoms with Crippen LogP contribution in [0.3, 0.4) is 0 Å². The van der Waals surface area contributed by atoms with Crippen molar-refractivity contribution in [2.75, 3.05) is 0 Å². The molecule has 0 radical (unpaired) electrons. The molecule has 0 heterocycles. The molecule has 1 aliphatic rings. The van der Waals surface area contributed by atoms with Crippen molar-refractivity contribution in [3.8, 4) is 0 Å². The van der Waals surface area contributed by atoms with Gasteiger partial charge in [-0.05, 0) is 18.9 Å². The van der Waals surface area contributed by atoms with Crippen LogP contribution in [0.5, 0.6) is 0 Å². The van der Waals surface area contributed by atoms with Crippen LogP contribution in [0.4, 0.5) is 5.69 Å². The number of benzene rings is 1. The molecule has 0 aromatic heterocycles. The van der Waals surface area contributed by atoms with Gasteiger partial charge in [0.2, 0.25) is 0 Å². The van der Waals surface area contributed by atoms with Crippen LogP contribution in [0.15, 0.2) is 16.6 Å². The molecule has 0 atom stereocenters. The second kappa shape index (κ2) is 3.73. The summed E-state index contributed by atoms with van der Waals surface area (Å²) in [6, 6.07) is 3.02. The fourth-order valence-electron chi connectivity index (χ4n) is 1.88. The van der Waals surface area contributed by atoms with Crippen LogP contribution in [0.1, 0.15) is 28.8 Å². The van der Waals surface area contributed by atoms with E-state index in [2.05, 4.69) is 15.9 Å². The van der Waals surface area contributed by atoms with Crippen LogP contribution in [0.25, 0.3) is 0 Å². The molecule has 0 fully saturated rings. The van der Waals surface area contributed by atoms with Gasteiger partial charge in [0.25, 0.3) is 5.69 Å². The van der Waals surface area contributed by atoms with Crippen molar-refractivity contribution in [1.29, 1.82) is 0 Å². The van der Waals surface area contributed by atoms with Crippen LogP contribution in [0.2, 0.25) is 0 Å². The molecule has 4 nitrogen and oxygen atoms in total. The third-order valence-electron chi connectivity index (χ3n) is 2.54. The van der Waals surface area contributed by atoms with E-state index in [0.717, 1.165) is 0 Å². The molecule has 0 spiro atoms. The van der Waals surface area contributed by atoms with Gasteiger partial charge in [0.1, 0.15) is 0 Å². The highest BCUT2D eigenvalue weighted by Crippen LogP contribution is 2.34. The Bertz CT molecular complexity index is 456. The number of halogens is 1. The van der Waals surface area contributed by atoms with Gasteiger partial charge in [0.05, 0.1) is 4.92 Å². The highest BCUT2D eigenvalue weighted by molar-refractivity contribution is 9.10. The van der Waals surface area contributed by atoms with Crippen molar-refractivity contribution < 1.29 is 9.72 Å². The number of rotatable bonds is 1. The zero-order valence-corrected chi connectivity index (χ0v) is 9.41. The molecule has 78 valence electrons. The molecule has 0 amide bonds. The number of fused-ring (bicyclic) bond motifs is 1. The van der Waals surface area contributed by atoms with Crippen LogP contribution in [0, 0.1) is 10.1 Å². The van der Waals surface area contributed by atoms with Crippen LogP contribution in [-0.2, 0) is 6.42 Å². The molecule has 0 unspecified atom stereocenters. The summed E-state index contributed by atoms with van der Waals surface area (Å²) >= 11 is 3.26. The summed E-state index contributed by atoms with van der Waals surface area (Å²) in [6.45, 7) is 0. The Kier molecular flexibility index (Phi) is 2.56. The summed E-state index contributed by atoms with van der Waals surface area (Å²) in [5, 5.41) is 10.8. The molecule has 0 bridgehead atoms. The first-order chi connectivity index (χ1) is 7.11. The minimum Gasteiger partial charge on any atom is -0.294 e. The predicted octanol–water partition coefficient (Wildman–Crippen LogP) is 2.88. The Labute approximate surface area is 94.6 Å². The quantitative estimate of drug-likeness (QED) is 0.582. The average Bonchev–Trinajstić information content (AvgIpc) is 2.17. The second-order valence-corrected chi connectivity index (χ2v) is 4.31. The zero-order valence-electron chi connectivity index (χ0n) is 7.83. The average molecular weight is 270 g/mol. The van der Waals surface area contributed by atoms with E-state index >= 15 is 0 Å². The third kappa shape index (κ3) is 1.67. The molecule has 0 saturated heterocycles. The SMILES string of the molecule is O=C1CCCc2c([N+](=O)[O-])ccc(Br)c21. The number of Topliss-reactive ketones (excluding diaryl/α,β-unsaturated/α-hetero) is 1. The Morgan fingerprint density at radius 2 is 2.07 bits per heavy atom. The number of hydrogen-bond acceptors (Lipinski definition) is 3. The van der Waals surface area contributed by atoms with Gasteiger partial charge in [-0.15, -0.1) is 0 Å². The Morgan fingerprint density at radius 3 is 2.73 bits per heavy atom. The summed E-state index contributed by atoms with van der Waals surface area (Å²) in [6.07, 6.45) is 1.78. The van der Waals surface area contributed by atoms with Crippen molar-refractivity contribution in [3.63, 3.8) is 0 Å². The maximum absolute atomic E-state index is 11.6. The maximum atomic E-state index is 11.6. The lowest BCUT2D eigenvalue weighted by Gasteiger charge is -2.15. The zero-order chi connectivity index (χ0) is 11.0. The molecular weight excluding hydrogens is 262 g/mol. The minimum atomic E-state index is -0.427. The van der Waals surface area contributed by atoms with E-state index in [1.165, 1.54) is 6.07 Å². The van der Waals surface area contributed by atoms with E-state index in [1.807, 2.05) is 0 Å². The Balaban J connectivity index is 2.69. The molecular formula is C10H8BrNO3. The Morgan fingerprint density at radius 1 is 1.33 bits per heavy atom. The standard InChI is InChI=1S/C10H8BrNO3/c11-7-4-5-8(12(14)15)6-2-1-3-9(13)10(6)7/h4-5H,1-3H2. The lowest BCUT2D eigenvalue weighted by Crippen LogP contribution is -2.13. The van der Waals surface area contributed by atoms with Crippen molar-refractivity contribution in [2.24, 2.45) is 0 Å². The topological polar surface area (TPSA) is 60.2 Å². The first kappa shape index (κ1) is 10.3. The summed E-state index contributed by atoms with van der Waals surface area (Å²) in [7, 11) is 0. The van der Waals surface area contributed by atoms with Gasteiger partial charge in [-0.25, -0.2) is 0 Å². The summed E-state index contributed by atoms with van der Waals surface area (Å²) < 4.78 is 0.660. The lowest BCUT2D eigenvalue weighted by atomic mass is 9.89. The molecule has 1 aromatic carbocycles. The van der Waals surface area contributed by atoms with Gasteiger partial charge in [0.15, 0.2) is 5.78 Å². The highest BCUT2D eigenvalue weighted by atomic mass is 79.9. The van der Waals surface area contributed by atoms with Gasteiger partial charge in [-0.1, -0.05) is 15.9 Å². The normalized spacial score (nSPS) is 14.9.